The van der Waals surface area contributed by atoms with Crippen molar-refractivity contribution in [2.45, 2.75) is 0 Å². The molecule has 0 aromatic carbocycles. The summed E-state index contributed by atoms with van der Waals surface area (Å²) < 4.78 is 0. The summed E-state index contributed by atoms with van der Waals surface area (Å²) in [6.45, 7) is 0. The monoisotopic (exact) mass is 128 g/mol. The molecule has 3 heteroatoms. The van der Waals surface area contributed by atoms with Crippen LogP contribution in [0.3, 0.4) is 0 Å². The molecular formula is CN2Sr. The van der Waals surface area contributed by atoms with Crippen LogP contribution in [0.2, 0.25) is 0 Å². The fourth-order valence-electron chi connectivity index (χ4n) is 0. The third kappa shape index (κ3) is 13.4. The smallest absolute Gasteiger partial charge is 0.786 e. The molecule has 0 aliphatic carbocycles. The topological polar surface area (TPSA) is 44.6 Å². The Labute approximate surface area is 61.5 Å². The maximum atomic E-state index is 6.88. The molecule has 0 fully saturated rings. The maximum Gasteiger partial charge on any atom is 2.00 e. The van der Waals surface area contributed by atoms with Crippen LogP contribution in [0.5, 0.6) is 0 Å². The first-order valence-electron chi connectivity index (χ1n) is 0.447. The Morgan fingerprint density at radius 1 is 1.25 bits per heavy atom. The van der Waals surface area contributed by atoms with Crippen LogP contribution in [0.25, 0.3) is 10.8 Å². The second-order valence-corrected chi connectivity index (χ2v) is 0.100. The molecule has 16 valence electrons. The third-order valence-corrected chi connectivity index (χ3v) is 0. The fraction of sp³-hybridized carbons (Fsp3) is 0. The van der Waals surface area contributed by atoms with Gasteiger partial charge in [0, 0.05) is 0 Å². The van der Waals surface area contributed by atoms with E-state index in [1.165, 1.54) is 0 Å². The van der Waals surface area contributed by atoms with Crippen LogP contribution in [0.4, 0.5) is 0 Å². The summed E-state index contributed by atoms with van der Waals surface area (Å²) >= 11 is 0. The summed E-state index contributed by atoms with van der Waals surface area (Å²) in [5.41, 5.74) is 0. The van der Waals surface area contributed by atoms with Crippen molar-refractivity contribution in [1.82, 2.24) is 0 Å². The van der Waals surface area contributed by atoms with Crippen LogP contribution in [0, 0.1) is 0 Å². The van der Waals surface area contributed by atoms with Gasteiger partial charge in [-0.05, 0) is 0 Å². The Balaban J connectivity index is 0. The predicted octanol–water partition coefficient (Wildman–Crippen LogP) is -0.0817. The van der Waals surface area contributed by atoms with Gasteiger partial charge in [-0.2, -0.15) is 0 Å². The normalized spacial score (nSPS) is 2.00. The van der Waals surface area contributed by atoms with Crippen LogP contribution in [-0.4, -0.2) is 51.5 Å². The molecule has 0 saturated carbocycles. The average Bonchev–Trinajstić information content (AvgIpc) is 0.918. The molecule has 0 bridgehead atoms. The van der Waals surface area contributed by atoms with E-state index in [-0.39, 0.29) is 45.5 Å². The number of hydrogen-bond donors (Lipinski definition) is 0. The molecule has 0 aromatic heterocycles. The van der Waals surface area contributed by atoms with E-state index in [4.69, 9.17) is 10.8 Å². The summed E-state index contributed by atoms with van der Waals surface area (Å²) in [4.78, 5) is 0. The number of nitrogens with zero attached hydrogens (tertiary/aromatic N) is 2. The van der Waals surface area contributed by atoms with Crippen molar-refractivity contribution in [3.63, 3.8) is 0 Å². The van der Waals surface area contributed by atoms with Gasteiger partial charge in [-0.15, -0.1) is 0 Å². The Morgan fingerprint density at radius 2 is 1.25 bits per heavy atom. The summed E-state index contributed by atoms with van der Waals surface area (Å²) in [6, 6.07) is 0.750. The molecule has 0 amide bonds. The van der Waals surface area contributed by atoms with E-state index in [0.717, 1.165) is 6.01 Å². The van der Waals surface area contributed by atoms with E-state index in [2.05, 4.69) is 0 Å². The number of hydrogen-bond acceptors (Lipinski definition) is 0. The standard InChI is InChI=1S/CN2.Sr/c2-1-3;/q-2;+2. The minimum atomic E-state index is 0. The van der Waals surface area contributed by atoms with Gasteiger partial charge in [0.2, 0.25) is 0 Å². The second-order valence-electron chi connectivity index (χ2n) is 0.100. The van der Waals surface area contributed by atoms with Gasteiger partial charge in [0.25, 0.3) is 0 Å². The van der Waals surface area contributed by atoms with Gasteiger partial charge in [-0.1, -0.05) is 0 Å². The van der Waals surface area contributed by atoms with Crippen LogP contribution in [-0.2, 0) is 0 Å². The third-order valence-electron chi connectivity index (χ3n) is 0. The summed E-state index contributed by atoms with van der Waals surface area (Å²) in [6.07, 6.45) is 0. The van der Waals surface area contributed by atoms with Crippen LogP contribution in [0.15, 0.2) is 0 Å². The maximum absolute atomic E-state index is 6.88. The van der Waals surface area contributed by atoms with E-state index < -0.39 is 0 Å². The molecule has 0 heterocycles. The van der Waals surface area contributed by atoms with Crippen molar-refractivity contribution in [2.24, 2.45) is 0 Å². The second kappa shape index (κ2) is 9.13. The van der Waals surface area contributed by atoms with Gasteiger partial charge < -0.3 is 16.8 Å². The zero-order valence-corrected chi connectivity index (χ0v) is 5.58. The first-order valence-corrected chi connectivity index (χ1v) is 0.447. The van der Waals surface area contributed by atoms with Crippen molar-refractivity contribution >= 4 is 51.5 Å². The van der Waals surface area contributed by atoms with Crippen LogP contribution in [0.1, 0.15) is 0 Å². The Bertz CT molecular complexity index is 27.0. The molecule has 0 aromatic rings. The van der Waals surface area contributed by atoms with Gasteiger partial charge >= 0.3 is 45.5 Å². The van der Waals surface area contributed by atoms with Crippen molar-refractivity contribution in [3.05, 3.63) is 10.8 Å². The summed E-state index contributed by atoms with van der Waals surface area (Å²) in [7, 11) is 0. The molecular weight excluding hydrogens is 128 g/mol. The Hall–Kier alpha value is 0.861. The molecule has 0 N–H and O–H groups in total. The summed E-state index contributed by atoms with van der Waals surface area (Å²) in [5, 5.41) is 13.8. The molecule has 0 saturated heterocycles. The first kappa shape index (κ1) is 8.85. The SMILES string of the molecule is [N-]=C=[N-].[Sr+2]. The van der Waals surface area contributed by atoms with E-state index >= 15 is 0 Å². The summed E-state index contributed by atoms with van der Waals surface area (Å²) in [5.74, 6) is 0. The van der Waals surface area contributed by atoms with Gasteiger partial charge in [0.15, 0.2) is 0 Å². The van der Waals surface area contributed by atoms with Crippen LogP contribution < -0.4 is 0 Å². The van der Waals surface area contributed by atoms with E-state index in [1.807, 2.05) is 0 Å². The van der Waals surface area contributed by atoms with E-state index in [1.54, 1.807) is 0 Å². The molecule has 0 aliphatic heterocycles. The zero-order chi connectivity index (χ0) is 2.71. The molecule has 0 spiro atoms. The molecule has 4 heavy (non-hydrogen) atoms. The minimum Gasteiger partial charge on any atom is -0.786 e. The van der Waals surface area contributed by atoms with Gasteiger partial charge in [-0.25, -0.2) is 0 Å². The quantitative estimate of drug-likeness (QED) is 0.323. The first-order chi connectivity index (χ1) is 1.41. The predicted molar refractivity (Wildman–Crippen MR) is 17.5 cm³/mol. The van der Waals surface area contributed by atoms with Gasteiger partial charge in [0.1, 0.15) is 0 Å². The number of rotatable bonds is 0. The van der Waals surface area contributed by atoms with E-state index in [0.29, 0.717) is 0 Å². The molecule has 0 aliphatic rings. The minimum absolute atomic E-state index is 0. The molecule has 0 radical (unpaired) electrons. The molecule has 2 nitrogen and oxygen atoms in total. The average molecular weight is 128 g/mol. The Kier molecular flexibility index (Phi) is 20.2. The van der Waals surface area contributed by atoms with Gasteiger partial charge in [0.05, 0.1) is 0 Å². The van der Waals surface area contributed by atoms with Crippen molar-refractivity contribution < 1.29 is 0 Å². The fourth-order valence-corrected chi connectivity index (χ4v) is 0. The van der Waals surface area contributed by atoms with Gasteiger partial charge in [-0.3, -0.25) is 0 Å². The largest absolute Gasteiger partial charge is 2.00 e. The van der Waals surface area contributed by atoms with Crippen LogP contribution >= 0.6 is 0 Å². The van der Waals surface area contributed by atoms with Crippen molar-refractivity contribution in [3.8, 4) is 0 Å². The molecule has 0 rings (SSSR count). The zero-order valence-electron chi connectivity index (χ0n) is 2.10. The van der Waals surface area contributed by atoms with Crippen molar-refractivity contribution in [2.75, 3.05) is 0 Å². The Morgan fingerprint density at radius 3 is 1.25 bits per heavy atom. The molecule has 0 atom stereocenters. The van der Waals surface area contributed by atoms with Crippen molar-refractivity contribution in [1.29, 1.82) is 0 Å². The van der Waals surface area contributed by atoms with E-state index in [9.17, 15) is 0 Å². The molecule has 0 unspecified atom stereocenters.